The summed E-state index contributed by atoms with van der Waals surface area (Å²) in [5, 5.41) is 0. The van der Waals surface area contributed by atoms with Gasteiger partial charge in [-0.2, -0.15) is 0 Å². The third-order valence-electron chi connectivity index (χ3n) is 3.07. The number of likely N-dealkylation sites (N-methyl/N-ethyl adjacent to an activating group) is 1. The van der Waals surface area contributed by atoms with Crippen molar-refractivity contribution in [3.8, 4) is 11.5 Å². The first-order chi connectivity index (χ1) is 9.62. The van der Waals surface area contributed by atoms with Gasteiger partial charge in [0.1, 0.15) is 11.5 Å². The molecule has 0 heterocycles. The van der Waals surface area contributed by atoms with Crippen molar-refractivity contribution in [2.75, 3.05) is 27.8 Å². The third-order valence-corrected chi connectivity index (χ3v) is 3.07. The van der Waals surface area contributed by atoms with Gasteiger partial charge in [0.25, 0.3) is 0 Å². The molecule has 4 heteroatoms. The van der Waals surface area contributed by atoms with Gasteiger partial charge in [0, 0.05) is 31.3 Å². The largest absolute Gasteiger partial charge is 0.497 e. The topological polar surface area (TPSA) is 38.8 Å². The molecule has 0 atom stereocenters. The zero-order valence-corrected chi connectivity index (χ0v) is 12.7. The summed E-state index contributed by atoms with van der Waals surface area (Å²) >= 11 is 0. The summed E-state index contributed by atoms with van der Waals surface area (Å²) < 4.78 is 10.4. The Kier molecular flexibility index (Phi) is 6.64. The number of carbonyl (C=O) groups is 1. The number of rotatable bonds is 7. The molecule has 1 rings (SSSR count). The molecule has 0 aromatic heterocycles. The molecule has 0 spiro atoms. The van der Waals surface area contributed by atoms with Crippen LogP contribution in [0.25, 0.3) is 6.08 Å². The predicted molar refractivity (Wildman–Crippen MR) is 81.1 cm³/mol. The van der Waals surface area contributed by atoms with Gasteiger partial charge in [0.15, 0.2) is 0 Å². The summed E-state index contributed by atoms with van der Waals surface area (Å²) in [6, 6.07) is 5.51. The summed E-state index contributed by atoms with van der Waals surface area (Å²) in [5.74, 6) is 1.41. The Morgan fingerprint density at radius 1 is 1.30 bits per heavy atom. The summed E-state index contributed by atoms with van der Waals surface area (Å²) in [5.41, 5.74) is 0.852. The lowest BCUT2D eigenvalue weighted by molar-refractivity contribution is -0.124. The number of hydrogen-bond acceptors (Lipinski definition) is 3. The van der Waals surface area contributed by atoms with E-state index in [0.717, 1.165) is 30.7 Å². The molecule has 1 amide bonds. The van der Waals surface area contributed by atoms with Crippen LogP contribution in [0.5, 0.6) is 11.5 Å². The van der Waals surface area contributed by atoms with Gasteiger partial charge in [0.05, 0.1) is 14.2 Å². The van der Waals surface area contributed by atoms with Gasteiger partial charge < -0.3 is 14.4 Å². The number of hydrogen-bond donors (Lipinski definition) is 0. The van der Waals surface area contributed by atoms with Crippen LogP contribution in [-0.2, 0) is 4.79 Å². The minimum Gasteiger partial charge on any atom is -0.497 e. The second kappa shape index (κ2) is 8.25. The Morgan fingerprint density at radius 3 is 2.65 bits per heavy atom. The van der Waals surface area contributed by atoms with Gasteiger partial charge in [-0.3, -0.25) is 4.79 Å². The second-order valence-electron chi connectivity index (χ2n) is 4.55. The van der Waals surface area contributed by atoms with Crippen LogP contribution in [0.4, 0.5) is 0 Å². The molecule has 1 aromatic rings. The van der Waals surface area contributed by atoms with E-state index in [1.54, 1.807) is 37.3 Å². The molecular formula is C16H23NO3. The van der Waals surface area contributed by atoms with E-state index in [4.69, 9.17) is 9.47 Å². The van der Waals surface area contributed by atoms with E-state index in [1.807, 2.05) is 19.2 Å². The molecule has 0 aliphatic rings. The highest BCUT2D eigenvalue weighted by Gasteiger charge is 2.05. The van der Waals surface area contributed by atoms with Crippen LogP contribution >= 0.6 is 0 Å². The lowest BCUT2D eigenvalue weighted by Crippen LogP contribution is -2.25. The molecule has 20 heavy (non-hydrogen) atoms. The van der Waals surface area contributed by atoms with Crippen molar-refractivity contribution in [3.05, 3.63) is 29.8 Å². The lowest BCUT2D eigenvalue weighted by Gasteiger charge is -2.14. The van der Waals surface area contributed by atoms with E-state index in [0.29, 0.717) is 5.75 Å². The molecule has 4 nitrogen and oxygen atoms in total. The number of ether oxygens (including phenoxy) is 2. The molecule has 0 aliphatic carbocycles. The molecule has 110 valence electrons. The predicted octanol–water partition coefficient (Wildman–Crippen LogP) is 2.98. The fraction of sp³-hybridized carbons (Fsp3) is 0.438. The minimum absolute atomic E-state index is 0.00341. The van der Waals surface area contributed by atoms with E-state index in [1.165, 1.54) is 0 Å². The summed E-state index contributed by atoms with van der Waals surface area (Å²) in [6.07, 6.45) is 5.43. The van der Waals surface area contributed by atoms with Gasteiger partial charge in [-0.15, -0.1) is 0 Å². The number of carbonyl (C=O) groups excluding carboxylic acids is 1. The van der Waals surface area contributed by atoms with Crippen LogP contribution in [0, 0.1) is 0 Å². The van der Waals surface area contributed by atoms with Gasteiger partial charge >= 0.3 is 0 Å². The molecular weight excluding hydrogens is 254 g/mol. The Hall–Kier alpha value is -1.97. The summed E-state index contributed by atoms with van der Waals surface area (Å²) in [7, 11) is 5.02. The standard InChI is InChI=1S/C16H23NO3/c1-5-6-11-17(2)16(18)10-8-13-7-9-14(19-3)12-15(13)20-4/h7-10,12H,5-6,11H2,1-4H3/b10-8+. The minimum atomic E-state index is -0.00341. The van der Waals surface area contributed by atoms with Crippen LogP contribution in [0.3, 0.4) is 0 Å². The Labute approximate surface area is 121 Å². The van der Waals surface area contributed by atoms with E-state index in [9.17, 15) is 4.79 Å². The average Bonchev–Trinajstić information content (AvgIpc) is 2.49. The molecule has 0 unspecified atom stereocenters. The Morgan fingerprint density at radius 2 is 2.05 bits per heavy atom. The monoisotopic (exact) mass is 277 g/mol. The molecule has 0 fully saturated rings. The zero-order chi connectivity index (χ0) is 15.0. The fourth-order valence-electron chi connectivity index (χ4n) is 1.75. The highest BCUT2D eigenvalue weighted by atomic mass is 16.5. The van der Waals surface area contributed by atoms with Gasteiger partial charge in [0.2, 0.25) is 5.91 Å². The maximum Gasteiger partial charge on any atom is 0.246 e. The van der Waals surface area contributed by atoms with Crippen LogP contribution in [0.1, 0.15) is 25.3 Å². The molecule has 1 aromatic carbocycles. The highest BCUT2D eigenvalue weighted by Crippen LogP contribution is 2.25. The molecule has 0 N–H and O–H groups in total. The number of unbranched alkanes of at least 4 members (excludes halogenated alkanes) is 1. The number of amides is 1. The third kappa shape index (κ3) is 4.61. The first-order valence-electron chi connectivity index (χ1n) is 6.77. The number of nitrogens with zero attached hydrogens (tertiary/aromatic N) is 1. The van der Waals surface area contributed by atoms with Crippen LogP contribution in [0.2, 0.25) is 0 Å². The maximum atomic E-state index is 11.9. The Bertz CT molecular complexity index is 469. The van der Waals surface area contributed by atoms with Gasteiger partial charge in [-0.1, -0.05) is 13.3 Å². The van der Waals surface area contributed by atoms with E-state index in [2.05, 4.69) is 6.92 Å². The smallest absolute Gasteiger partial charge is 0.246 e. The normalized spacial score (nSPS) is 10.6. The van der Waals surface area contributed by atoms with Crippen molar-refractivity contribution in [2.45, 2.75) is 19.8 Å². The van der Waals surface area contributed by atoms with Gasteiger partial charge in [-0.05, 0) is 24.6 Å². The molecule has 0 bridgehead atoms. The van der Waals surface area contributed by atoms with Crippen molar-refractivity contribution in [1.29, 1.82) is 0 Å². The van der Waals surface area contributed by atoms with Crippen molar-refractivity contribution in [3.63, 3.8) is 0 Å². The SMILES string of the molecule is CCCCN(C)C(=O)/C=C/c1ccc(OC)cc1OC. The van der Waals surface area contributed by atoms with Crippen LogP contribution in [0.15, 0.2) is 24.3 Å². The number of methoxy groups -OCH3 is 2. The van der Waals surface area contributed by atoms with Crippen molar-refractivity contribution in [2.24, 2.45) is 0 Å². The molecule has 0 saturated heterocycles. The van der Waals surface area contributed by atoms with Crippen LogP contribution in [-0.4, -0.2) is 38.6 Å². The van der Waals surface area contributed by atoms with E-state index >= 15 is 0 Å². The van der Waals surface area contributed by atoms with Crippen molar-refractivity contribution in [1.82, 2.24) is 4.90 Å². The molecule has 0 saturated carbocycles. The fourth-order valence-corrected chi connectivity index (χ4v) is 1.75. The van der Waals surface area contributed by atoms with E-state index in [-0.39, 0.29) is 5.91 Å². The average molecular weight is 277 g/mol. The first kappa shape index (κ1) is 16.1. The van der Waals surface area contributed by atoms with Crippen molar-refractivity contribution < 1.29 is 14.3 Å². The lowest BCUT2D eigenvalue weighted by atomic mass is 10.1. The van der Waals surface area contributed by atoms with Crippen molar-refractivity contribution >= 4 is 12.0 Å². The first-order valence-corrected chi connectivity index (χ1v) is 6.77. The molecule has 0 radical (unpaired) electrons. The summed E-state index contributed by atoms with van der Waals surface area (Å²) in [4.78, 5) is 13.6. The highest BCUT2D eigenvalue weighted by molar-refractivity contribution is 5.92. The molecule has 0 aliphatic heterocycles. The van der Waals surface area contributed by atoms with Gasteiger partial charge in [-0.25, -0.2) is 0 Å². The van der Waals surface area contributed by atoms with E-state index < -0.39 is 0 Å². The summed E-state index contributed by atoms with van der Waals surface area (Å²) in [6.45, 7) is 2.88. The maximum absolute atomic E-state index is 11.9. The number of benzene rings is 1. The van der Waals surface area contributed by atoms with Crippen LogP contribution < -0.4 is 9.47 Å². The Balaban J connectivity index is 2.76. The quantitative estimate of drug-likeness (QED) is 0.719. The second-order valence-corrected chi connectivity index (χ2v) is 4.55. The zero-order valence-electron chi connectivity index (χ0n) is 12.7.